The summed E-state index contributed by atoms with van der Waals surface area (Å²) in [6.07, 6.45) is 1.80. The molecular weight excluding hydrogens is 629 g/mol. The van der Waals surface area contributed by atoms with Crippen LogP contribution in [0.4, 0.5) is 11.4 Å². The third kappa shape index (κ3) is 3.40. The second-order valence-electron chi connectivity index (χ2n) is 10.4. The van der Waals surface area contributed by atoms with E-state index in [0.29, 0.717) is 11.1 Å². The molecule has 2 heterocycles. The molecule has 6 atom stereocenters. The zero-order chi connectivity index (χ0) is 28.7. The van der Waals surface area contributed by atoms with E-state index in [2.05, 4.69) is 15.9 Å². The van der Waals surface area contributed by atoms with E-state index >= 15 is 0 Å². The van der Waals surface area contributed by atoms with Crippen LogP contribution in [0.15, 0.2) is 60.2 Å². The minimum absolute atomic E-state index is 0.0834. The van der Waals surface area contributed by atoms with Crippen LogP contribution in [0.5, 0.6) is 5.75 Å². The van der Waals surface area contributed by atoms with Crippen molar-refractivity contribution in [2.45, 2.75) is 28.5 Å². The fraction of sp³-hybridized carbons (Fsp3) is 0.333. The molecule has 4 aliphatic rings. The Morgan fingerprint density at radius 3 is 2.35 bits per heavy atom. The number of aromatic hydroxyl groups is 1. The number of imide groups is 2. The Hall–Kier alpha value is -3.28. The van der Waals surface area contributed by atoms with Crippen LogP contribution >= 0.6 is 39.1 Å². The van der Waals surface area contributed by atoms with E-state index < -0.39 is 62.0 Å². The van der Waals surface area contributed by atoms with Gasteiger partial charge in [0.05, 0.1) is 27.9 Å². The monoisotopic (exact) mass is 647 g/mol. The molecule has 2 aromatic carbocycles. The van der Waals surface area contributed by atoms with Crippen molar-refractivity contribution >= 4 is 74.1 Å². The highest BCUT2D eigenvalue weighted by Gasteiger charge is 2.76. The highest BCUT2D eigenvalue weighted by Crippen LogP contribution is 2.65. The van der Waals surface area contributed by atoms with Gasteiger partial charge in [-0.15, -0.1) is 23.2 Å². The third-order valence-electron chi connectivity index (χ3n) is 8.54. The van der Waals surface area contributed by atoms with Crippen LogP contribution in [0.1, 0.15) is 24.3 Å². The lowest BCUT2D eigenvalue weighted by molar-refractivity contribution is -0.384. The summed E-state index contributed by atoms with van der Waals surface area (Å²) in [5, 5.41) is 21.4. The summed E-state index contributed by atoms with van der Waals surface area (Å²) in [4.78, 5) is 63.4. The molecule has 1 saturated carbocycles. The molecule has 40 heavy (non-hydrogen) atoms. The first-order chi connectivity index (χ1) is 19.0. The lowest BCUT2D eigenvalue weighted by Gasteiger charge is -2.50. The number of halogens is 3. The number of alkyl halides is 3. The number of hydrogen-bond acceptors (Lipinski definition) is 7. The van der Waals surface area contributed by atoms with Gasteiger partial charge in [-0.3, -0.25) is 39.1 Å². The number of fused-ring (bicyclic) bond motifs is 4. The number of carbonyl (C=O) groups excluding carboxylic acids is 4. The molecule has 2 aliphatic heterocycles. The Kier molecular flexibility index (Phi) is 6.14. The van der Waals surface area contributed by atoms with Gasteiger partial charge in [0.2, 0.25) is 11.8 Å². The minimum Gasteiger partial charge on any atom is -0.508 e. The van der Waals surface area contributed by atoms with Crippen LogP contribution in [-0.4, -0.2) is 53.8 Å². The summed E-state index contributed by atoms with van der Waals surface area (Å²) in [5.41, 5.74) is 0.912. The molecule has 10 nitrogen and oxygen atoms in total. The second-order valence-corrected chi connectivity index (χ2v) is 12.1. The summed E-state index contributed by atoms with van der Waals surface area (Å²) < 4.78 is 0. The molecule has 0 radical (unpaired) electrons. The van der Waals surface area contributed by atoms with Crippen molar-refractivity contribution in [2.24, 2.45) is 17.8 Å². The van der Waals surface area contributed by atoms with Gasteiger partial charge in [-0.1, -0.05) is 39.7 Å². The number of benzene rings is 2. The SMILES string of the molecule is O=C1C2CC=C3C(CC4(Cl)C(=O)N(CBr)C(=O)C4(Cl)C3c3cccc(O)c3)C2C(=O)N1c1ccc([N+](=O)[O-])cc1. The Balaban J connectivity index is 1.48. The molecule has 6 rings (SSSR count). The quantitative estimate of drug-likeness (QED) is 0.131. The molecule has 1 N–H and O–H groups in total. The van der Waals surface area contributed by atoms with Crippen LogP contribution in [0.3, 0.4) is 0 Å². The maximum absolute atomic E-state index is 13.9. The van der Waals surface area contributed by atoms with E-state index in [9.17, 15) is 34.4 Å². The first-order valence-electron chi connectivity index (χ1n) is 12.4. The van der Waals surface area contributed by atoms with Crippen molar-refractivity contribution in [3.63, 3.8) is 0 Å². The minimum atomic E-state index is -1.95. The number of allylic oxidation sites excluding steroid dienone is 2. The number of phenols is 1. The summed E-state index contributed by atoms with van der Waals surface area (Å²) in [5.74, 6) is -5.83. The normalized spacial score (nSPS) is 33.0. The number of nitro groups is 1. The number of phenolic OH excluding ortho intramolecular Hbond substituents is 1. The van der Waals surface area contributed by atoms with Gasteiger partial charge in [-0.2, -0.15) is 0 Å². The molecule has 206 valence electrons. The van der Waals surface area contributed by atoms with Crippen LogP contribution in [-0.2, 0) is 19.2 Å². The average Bonchev–Trinajstić information content (AvgIpc) is 3.26. The zero-order valence-corrected chi connectivity index (χ0v) is 23.6. The van der Waals surface area contributed by atoms with Crippen molar-refractivity contribution < 1.29 is 29.2 Å². The Bertz CT molecular complexity index is 1550. The molecular formula is C27H20BrCl2N3O7. The van der Waals surface area contributed by atoms with Gasteiger partial charge >= 0.3 is 0 Å². The lowest BCUT2D eigenvalue weighted by Crippen LogP contribution is -2.60. The number of nitro benzene ring substituents is 1. The predicted octanol–water partition coefficient (Wildman–Crippen LogP) is 4.22. The fourth-order valence-corrected chi connectivity index (χ4v) is 8.23. The Morgan fingerprint density at radius 1 is 1.02 bits per heavy atom. The summed E-state index contributed by atoms with van der Waals surface area (Å²) in [6, 6.07) is 11.3. The maximum atomic E-state index is 13.9. The molecule has 0 bridgehead atoms. The van der Waals surface area contributed by atoms with Crippen molar-refractivity contribution in [2.75, 3.05) is 10.4 Å². The van der Waals surface area contributed by atoms with Gasteiger partial charge in [0.15, 0.2) is 9.75 Å². The second kappa shape index (κ2) is 9.12. The van der Waals surface area contributed by atoms with Crippen molar-refractivity contribution in [3.05, 3.63) is 75.9 Å². The van der Waals surface area contributed by atoms with E-state index in [1.807, 2.05) is 0 Å². The van der Waals surface area contributed by atoms with E-state index in [0.717, 1.165) is 9.80 Å². The van der Waals surface area contributed by atoms with Crippen LogP contribution < -0.4 is 4.90 Å². The topological polar surface area (TPSA) is 138 Å². The first kappa shape index (κ1) is 26.9. The van der Waals surface area contributed by atoms with Gasteiger partial charge in [0, 0.05) is 18.1 Å². The molecule has 3 fully saturated rings. The number of likely N-dealkylation sites (tertiary alicyclic amines) is 1. The third-order valence-corrected chi connectivity index (χ3v) is 10.5. The van der Waals surface area contributed by atoms with Crippen LogP contribution in [0.25, 0.3) is 0 Å². The zero-order valence-electron chi connectivity index (χ0n) is 20.5. The number of rotatable bonds is 4. The number of carbonyl (C=O) groups is 4. The number of nitrogens with zero attached hydrogens (tertiary/aromatic N) is 3. The summed E-state index contributed by atoms with van der Waals surface area (Å²) in [7, 11) is 0. The van der Waals surface area contributed by atoms with Crippen LogP contribution in [0.2, 0.25) is 0 Å². The van der Waals surface area contributed by atoms with E-state index in [-0.39, 0.29) is 35.4 Å². The molecule has 6 unspecified atom stereocenters. The van der Waals surface area contributed by atoms with Crippen molar-refractivity contribution in [1.29, 1.82) is 0 Å². The standard InChI is InChI=1S/C27H20BrCl2N3O7/c28-12-31-24(37)26(29)11-19-17(21(27(26,30)25(31)38)13-2-1-3-16(34)10-13)8-9-18-20(19)23(36)32(22(18)35)14-4-6-15(7-5-14)33(39)40/h1-8,10,18-21,34H,9,11-12H2. The number of amides is 4. The van der Waals surface area contributed by atoms with E-state index in [4.69, 9.17) is 23.2 Å². The number of hydrogen-bond donors (Lipinski definition) is 1. The molecule has 2 aliphatic carbocycles. The van der Waals surface area contributed by atoms with Gasteiger partial charge in [-0.25, -0.2) is 0 Å². The predicted molar refractivity (Wildman–Crippen MR) is 147 cm³/mol. The van der Waals surface area contributed by atoms with E-state index in [1.165, 1.54) is 36.4 Å². The van der Waals surface area contributed by atoms with Crippen molar-refractivity contribution in [1.82, 2.24) is 4.90 Å². The molecule has 4 amide bonds. The Morgan fingerprint density at radius 2 is 1.73 bits per heavy atom. The molecule has 2 saturated heterocycles. The maximum Gasteiger partial charge on any atom is 0.269 e. The highest BCUT2D eigenvalue weighted by atomic mass is 79.9. The van der Waals surface area contributed by atoms with E-state index in [1.54, 1.807) is 18.2 Å². The van der Waals surface area contributed by atoms with Gasteiger partial charge in [0.25, 0.3) is 17.5 Å². The van der Waals surface area contributed by atoms with Gasteiger partial charge in [0.1, 0.15) is 5.75 Å². The van der Waals surface area contributed by atoms with Gasteiger partial charge < -0.3 is 5.11 Å². The number of anilines is 1. The summed E-state index contributed by atoms with van der Waals surface area (Å²) in [6.45, 7) is 0. The molecule has 2 aromatic rings. The molecule has 13 heteroatoms. The lowest BCUT2D eigenvalue weighted by atomic mass is 9.56. The van der Waals surface area contributed by atoms with Crippen LogP contribution in [0, 0.1) is 27.9 Å². The average molecular weight is 649 g/mol. The largest absolute Gasteiger partial charge is 0.508 e. The summed E-state index contributed by atoms with van der Waals surface area (Å²) >= 11 is 17.4. The fourth-order valence-electron chi connectivity index (χ4n) is 6.81. The molecule has 0 spiro atoms. The molecule has 0 aromatic heterocycles. The highest BCUT2D eigenvalue weighted by molar-refractivity contribution is 9.09. The number of non-ortho nitro benzene ring substituents is 1. The Labute approximate surface area is 245 Å². The van der Waals surface area contributed by atoms with Gasteiger partial charge in [-0.05, 0) is 48.6 Å². The van der Waals surface area contributed by atoms with Crippen molar-refractivity contribution in [3.8, 4) is 5.75 Å². The smallest absolute Gasteiger partial charge is 0.269 e. The first-order valence-corrected chi connectivity index (χ1v) is 14.2.